The Morgan fingerprint density at radius 2 is 0.865 bits per heavy atom. The van der Waals surface area contributed by atoms with E-state index in [1.807, 2.05) is 0 Å². The number of primary amides is 2. The third kappa shape index (κ3) is 43.1. The number of aromatic amines is 1. The maximum atomic E-state index is 15.6. The van der Waals surface area contributed by atoms with Gasteiger partial charge < -0.3 is 150 Å². The standard InChI is InChI=1S/C98H146N28O21S/c1-7-55(4)81(125-92(144)73(49-58-28-32-61(128)33-29-58)114-79(131)53-112-83(135)71(40-46-148-6)119-88(140)70(37-39-80(132)133)117-87(139)69(36-38-78(100)130)118-91(143)75(51-60-52-111-64-22-12-11-21-63(60)64)122-84(136)66(113-56(5)127)25-16-43-109-97(104)105)94(146)123-74(48-57-19-9-8-10-20-57)90(142)124-76(50-59-30-34-62(129)35-31-59)95(147)126-45-18-27-77(126)93(145)120-68(26-17-44-110-98(106)107)85(137)116-67(23-13-14-41-99)86(138)121-72(47-54(2)3)89(141)115-65(82(101)134)24-15-42-108-96(102)103/h8-12,19-22,28-35,52,54-55,65-77,81,111,128-129H,7,13-18,23-27,36-51,53,99H2,1-6H3,(H2,100,130)(H2,101,134)(H,112,135)(H,113,127)(H,114,131)(H,115,141)(H,116,137)(H,117,139)(H,118,143)(H,119,140)(H,120,145)(H,121,138)(H,122,136)(H,123,146)(H,124,142)(H,125,144)(H,132,133)(H4,102,103,108)(H4,104,105,109)(H4,106,107,110)/t55-,65-,66-,67-,68-,69-,70-,71-,72-,73-,74-,75-,76-,77-,81-/m0/s1. The highest BCUT2D eigenvalue weighted by molar-refractivity contribution is 7.98. The largest absolute Gasteiger partial charge is 0.508 e. The van der Waals surface area contributed by atoms with Gasteiger partial charge in [0.1, 0.15) is 96.1 Å². The fourth-order valence-corrected chi connectivity index (χ4v) is 16.8. The minimum Gasteiger partial charge on any atom is -0.508 e. The number of nitrogens with zero attached hydrogens (tertiary/aromatic N) is 1. The van der Waals surface area contributed by atoms with Gasteiger partial charge in [-0.05, 0) is 179 Å². The number of unbranched alkanes of at least 4 members (excludes halogenated alkanes) is 1. The molecule has 5 aromatic rings. The number of carbonyl (C=O) groups is 18. The van der Waals surface area contributed by atoms with Crippen molar-refractivity contribution in [2.75, 3.05) is 51.3 Å². The minimum atomic E-state index is -1.80. The van der Waals surface area contributed by atoms with Crippen molar-refractivity contribution < 1.29 is 102 Å². The molecule has 0 unspecified atom stereocenters. The summed E-state index contributed by atoms with van der Waals surface area (Å²) in [6.07, 6.45) is 1.34. The third-order valence-corrected chi connectivity index (χ3v) is 25.1. The summed E-state index contributed by atoms with van der Waals surface area (Å²) < 4.78 is 0. The van der Waals surface area contributed by atoms with E-state index in [1.165, 1.54) is 72.1 Å². The maximum absolute atomic E-state index is 15.6. The first kappa shape index (κ1) is 121. The molecule has 148 heavy (non-hydrogen) atoms. The number of rotatable bonds is 66. The second-order valence-corrected chi connectivity index (χ2v) is 37.7. The lowest BCUT2D eigenvalue weighted by atomic mass is 9.96. The molecule has 36 N–H and O–H groups in total. The molecule has 1 fully saturated rings. The summed E-state index contributed by atoms with van der Waals surface area (Å²) in [5.41, 5.74) is 36.0. The van der Waals surface area contributed by atoms with E-state index in [9.17, 15) is 77.6 Å². The smallest absolute Gasteiger partial charge is 0.303 e. The van der Waals surface area contributed by atoms with Crippen molar-refractivity contribution in [1.29, 1.82) is 16.2 Å². The first-order chi connectivity index (χ1) is 70.4. The molecule has 1 aromatic heterocycles. The Hall–Kier alpha value is -15.4. The van der Waals surface area contributed by atoms with E-state index in [1.54, 1.807) is 94.7 Å². The zero-order valence-corrected chi connectivity index (χ0v) is 85.0. The number of benzene rings is 4. The van der Waals surface area contributed by atoms with Gasteiger partial charge in [0.25, 0.3) is 0 Å². The fourth-order valence-electron chi connectivity index (χ4n) is 16.4. The summed E-state index contributed by atoms with van der Waals surface area (Å²) in [5.74, 6) is -18.9. The summed E-state index contributed by atoms with van der Waals surface area (Å²) in [7, 11) is 0. The number of nitrogens with one attached hydrogen (secondary N) is 21. The number of phenols is 2. The van der Waals surface area contributed by atoms with Crippen molar-refractivity contribution in [2.24, 2.45) is 46.2 Å². The molecule has 49 nitrogen and oxygen atoms in total. The van der Waals surface area contributed by atoms with E-state index in [4.69, 9.17) is 50.6 Å². The maximum Gasteiger partial charge on any atom is 0.303 e. The van der Waals surface area contributed by atoms with Crippen LogP contribution in [0.1, 0.15) is 172 Å². The van der Waals surface area contributed by atoms with Crippen LogP contribution in [0.15, 0.2) is 109 Å². The van der Waals surface area contributed by atoms with Gasteiger partial charge in [0.2, 0.25) is 100 Å². The van der Waals surface area contributed by atoms with Crippen molar-refractivity contribution >= 4 is 147 Å². The number of carboxylic acid groups (broad SMARTS) is 1. The Kier molecular flexibility index (Phi) is 51.7. The van der Waals surface area contributed by atoms with Crippen molar-refractivity contribution in [3.63, 3.8) is 0 Å². The second kappa shape index (κ2) is 63.1. The Bertz CT molecular complexity index is 5350. The van der Waals surface area contributed by atoms with Crippen LogP contribution in [0, 0.1) is 28.1 Å². The lowest BCUT2D eigenvalue weighted by molar-refractivity contribution is -0.142. The molecule has 0 saturated carbocycles. The topological polar surface area (TPSA) is 819 Å². The van der Waals surface area contributed by atoms with E-state index >= 15 is 24.0 Å². The minimum absolute atomic E-state index is 0.00107. The normalized spacial score (nSPS) is 14.9. The first-order valence-electron chi connectivity index (χ1n) is 49.2. The average molecular weight is 2080 g/mol. The van der Waals surface area contributed by atoms with Gasteiger partial charge >= 0.3 is 5.97 Å². The molecule has 810 valence electrons. The van der Waals surface area contributed by atoms with Crippen LogP contribution in [0.5, 0.6) is 11.5 Å². The van der Waals surface area contributed by atoms with E-state index in [0.29, 0.717) is 46.0 Å². The molecule has 0 bridgehead atoms. The zero-order valence-electron chi connectivity index (χ0n) is 84.1. The number of amides is 17. The number of thioether (sulfide) groups is 1. The van der Waals surface area contributed by atoms with E-state index in [2.05, 4.69) is 95.4 Å². The van der Waals surface area contributed by atoms with E-state index in [-0.39, 0.29) is 171 Å². The Morgan fingerprint density at radius 1 is 0.446 bits per heavy atom. The van der Waals surface area contributed by atoms with Crippen LogP contribution in [0.25, 0.3) is 10.9 Å². The van der Waals surface area contributed by atoms with Gasteiger partial charge in [-0.2, -0.15) is 11.8 Å². The van der Waals surface area contributed by atoms with Crippen molar-refractivity contribution in [3.8, 4) is 11.5 Å². The van der Waals surface area contributed by atoms with E-state index < -0.39 is 235 Å². The van der Waals surface area contributed by atoms with Gasteiger partial charge in [0, 0.05) is 88.7 Å². The molecule has 15 atom stereocenters. The van der Waals surface area contributed by atoms with Gasteiger partial charge in [0.05, 0.1) is 6.54 Å². The summed E-state index contributed by atoms with van der Waals surface area (Å²) in [6, 6.07) is 6.00. The van der Waals surface area contributed by atoms with Crippen LogP contribution in [0.2, 0.25) is 0 Å². The molecule has 50 heteroatoms. The van der Waals surface area contributed by atoms with Crippen LogP contribution in [-0.2, 0) is 112 Å². The predicted molar refractivity (Wildman–Crippen MR) is 551 cm³/mol. The summed E-state index contributed by atoms with van der Waals surface area (Å²) in [5, 5.41) is 99.0. The highest BCUT2D eigenvalue weighted by Crippen LogP contribution is 2.25. The quantitative estimate of drug-likeness (QED) is 0.0103. The van der Waals surface area contributed by atoms with Crippen molar-refractivity contribution in [3.05, 3.63) is 132 Å². The third-order valence-electron chi connectivity index (χ3n) is 24.4. The number of carboxylic acids is 1. The van der Waals surface area contributed by atoms with Gasteiger partial charge in [-0.1, -0.05) is 107 Å². The Labute approximate surface area is 861 Å². The molecule has 0 radical (unpaired) electrons. The molecule has 17 amide bonds. The molecule has 4 aromatic carbocycles. The van der Waals surface area contributed by atoms with Gasteiger partial charge in [-0.25, -0.2) is 0 Å². The number of fused-ring (bicyclic) bond motifs is 1. The van der Waals surface area contributed by atoms with Gasteiger partial charge in [-0.3, -0.25) is 103 Å². The average Bonchev–Trinajstić information content (AvgIpc) is 1.64. The van der Waals surface area contributed by atoms with Crippen LogP contribution in [0.4, 0.5) is 0 Å². The number of para-hydroxylation sites is 1. The molecule has 1 saturated heterocycles. The van der Waals surface area contributed by atoms with Crippen molar-refractivity contribution in [2.45, 2.75) is 260 Å². The Morgan fingerprint density at radius 3 is 1.36 bits per heavy atom. The van der Waals surface area contributed by atoms with Gasteiger partial charge in [-0.15, -0.1) is 0 Å². The Balaban J connectivity index is 1.24. The summed E-state index contributed by atoms with van der Waals surface area (Å²) in [6.45, 7) is 7.71. The molecule has 1 aliphatic heterocycles. The number of aliphatic carboxylic acids is 1. The zero-order chi connectivity index (χ0) is 109. The monoisotopic (exact) mass is 2080 g/mol. The number of carbonyl (C=O) groups excluding carboxylic acids is 17. The first-order valence-corrected chi connectivity index (χ1v) is 50.6. The highest BCUT2D eigenvalue weighted by atomic mass is 32.2. The number of nitrogens with two attached hydrogens (primary N) is 6. The van der Waals surface area contributed by atoms with Gasteiger partial charge in [0.15, 0.2) is 17.9 Å². The number of H-pyrrole nitrogens is 1. The van der Waals surface area contributed by atoms with Crippen LogP contribution < -0.4 is 125 Å². The molecule has 0 aliphatic carbocycles. The van der Waals surface area contributed by atoms with Crippen LogP contribution in [0.3, 0.4) is 0 Å². The summed E-state index contributed by atoms with van der Waals surface area (Å²) in [4.78, 5) is 261. The number of likely N-dealkylation sites (tertiary alicyclic amines) is 1. The fraction of sp³-hybridized carbons (Fsp3) is 0.520. The number of hydrogen-bond donors (Lipinski definition) is 30. The molecule has 0 spiro atoms. The van der Waals surface area contributed by atoms with E-state index in [0.717, 1.165) is 0 Å². The second-order valence-electron chi connectivity index (χ2n) is 36.7. The summed E-state index contributed by atoms with van der Waals surface area (Å²) >= 11 is 1.24. The number of aromatic nitrogens is 1. The van der Waals surface area contributed by atoms with Crippen molar-refractivity contribution in [1.82, 2.24) is 100 Å². The molecule has 2 heterocycles. The van der Waals surface area contributed by atoms with Crippen LogP contribution in [-0.4, -0.2) is 285 Å². The number of aromatic hydroxyl groups is 2. The molecular formula is C98H146N28O21S. The number of phenolic OH excluding ortho intramolecular Hbond substituents is 2. The molecule has 6 rings (SSSR count). The lowest BCUT2D eigenvalue weighted by Crippen LogP contribution is -2.61. The van der Waals surface area contributed by atoms with Crippen LogP contribution >= 0.6 is 11.8 Å². The lowest BCUT2D eigenvalue weighted by Gasteiger charge is -2.32. The molecular weight excluding hydrogens is 1940 g/mol. The SMILES string of the molecule is CC[C@H](C)[C@H](NC(=O)[C@H](Cc1ccc(O)cc1)NC(=O)CNC(=O)[C@H](CCSC)NC(=O)[C@H](CCC(=O)O)NC(=O)[C@H](CCC(N)=O)NC(=O)[C@H](Cc1c[nH]c2ccccc12)NC(=O)[C@H](CCCNC(=N)N)NC(C)=O)C(=O)N[C@@H](Cc1ccccc1)C(=O)N[C@@H](Cc1ccc(O)cc1)C(=O)N1CCC[C@H]1C(=O)N[C@@H](CCCNC(=N)N)C(=O)N[C@@H](CCCCN)C(=O)N[C@@H](CC(C)C)C(=O)N[C@@H](CCCNC(=N)N)C(N)=O. The molecule has 1 aliphatic rings. The predicted octanol–water partition coefficient (Wildman–Crippen LogP) is -3.34. The number of guanidine groups is 3. The highest BCUT2D eigenvalue weighted by Gasteiger charge is 2.43. The number of hydrogen-bond acceptors (Lipinski definition) is 25.